The highest BCUT2D eigenvalue weighted by Gasteiger charge is 2.32. The SMILES string of the molecule is CCCCCC[C@H](C)[C@@H]1CC(=O)NCC(=O)N[C@@H](C(C)C)C(=O)N[C@@H](CC(C)C)C(=O)N[C@@H](C)C(=O)N[C@@H](C)C(=O)O1. The molecule has 0 aromatic carbocycles. The third kappa shape index (κ3) is 13.2. The van der Waals surface area contributed by atoms with E-state index >= 15 is 0 Å². The van der Waals surface area contributed by atoms with Crippen molar-refractivity contribution < 1.29 is 33.5 Å². The van der Waals surface area contributed by atoms with Crippen molar-refractivity contribution in [2.45, 2.75) is 131 Å². The maximum atomic E-state index is 13.2. The Bertz CT molecular complexity index is 939. The normalized spacial score (nSPS) is 26.6. The lowest BCUT2D eigenvalue weighted by molar-refractivity contribution is -0.156. The molecule has 1 heterocycles. The lowest BCUT2D eigenvalue weighted by Crippen LogP contribution is -2.58. The molecular weight excluding hydrogens is 542 g/mol. The summed E-state index contributed by atoms with van der Waals surface area (Å²) in [6, 6.07) is -3.98. The first-order valence-corrected chi connectivity index (χ1v) is 15.3. The number of cyclic esters (lactones) is 1. The number of carbonyl (C=O) groups excluding carboxylic acids is 6. The van der Waals surface area contributed by atoms with E-state index in [9.17, 15) is 28.8 Å². The molecule has 0 aliphatic carbocycles. The molecule has 0 unspecified atom stereocenters. The Morgan fingerprint density at radius 1 is 0.762 bits per heavy atom. The number of ether oxygens (including phenoxy) is 1. The van der Waals surface area contributed by atoms with Gasteiger partial charge in [0.15, 0.2) is 0 Å². The molecule has 0 aromatic rings. The smallest absolute Gasteiger partial charge is 0.328 e. The fourth-order valence-electron chi connectivity index (χ4n) is 4.62. The lowest BCUT2D eigenvalue weighted by atomic mass is 9.94. The molecule has 0 bridgehead atoms. The first-order valence-electron chi connectivity index (χ1n) is 15.3. The standard InChI is InChI=1S/C30H53N5O7/c1-9-10-11-12-13-19(6)23-15-24(36)31-16-25(37)35-26(18(4)5)29(40)34-22(14-17(2)3)28(39)32-20(7)27(38)33-21(8)30(41)42-23/h17-23,26H,9-16H2,1-8H3,(H,31,36)(H,32,39)(H,33,38)(H,34,40)(H,35,37)/t19-,20-,21-,22-,23-,26-/m0/s1. The number of nitrogens with one attached hydrogen (secondary N) is 5. The lowest BCUT2D eigenvalue weighted by Gasteiger charge is -2.27. The van der Waals surface area contributed by atoms with Crippen molar-refractivity contribution in [1.82, 2.24) is 26.6 Å². The molecule has 1 saturated heterocycles. The number of unbranched alkanes of at least 4 members (excludes halogenated alkanes) is 3. The molecule has 1 aliphatic rings. The monoisotopic (exact) mass is 595 g/mol. The topological polar surface area (TPSA) is 172 Å². The summed E-state index contributed by atoms with van der Waals surface area (Å²) in [7, 11) is 0. The van der Waals surface area contributed by atoms with Gasteiger partial charge in [-0.25, -0.2) is 4.79 Å². The first kappa shape index (κ1) is 36.8. The van der Waals surface area contributed by atoms with Crippen LogP contribution in [0.2, 0.25) is 0 Å². The molecule has 6 atom stereocenters. The summed E-state index contributed by atoms with van der Waals surface area (Å²) in [6.45, 7) is 13.9. The summed E-state index contributed by atoms with van der Waals surface area (Å²) in [4.78, 5) is 77.7. The molecule has 0 aromatic heterocycles. The van der Waals surface area contributed by atoms with Crippen molar-refractivity contribution in [2.75, 3.05) is 6.54 Å². The molecular formula is C30H53N5O7. The number of esters is 1. The van der Waals surface area contributed by atoms with Crippen LogP contribution in [0.15, 0.2) is 0 Å². The zero-order chi connectivity index (χ0) is 32.0. The molecule has 5 N–H and O–H groups in total. The quantitative estimate of drug-likeness (QED) is 0.199. The van der Waals surface area contributed by atoms with Crippen LogP contribution >= 0.6 is 0 Å². The van der Waals surface area contributed by atoms with Crippen LogP contribution in [-0.2, 0) is 33.5 Å². The summed E-state index contributed by atoms with van der Waals surface area (Å²) < 4.78 is 5.72. The number of hydrogen-bond donors (Lipinski definition) is 5. The summed E-state index contributed by atoms with van der Waals surface area (Å²) in [5, 5.41) is 13.1. The van der Waals surface area contributed by atoms with Crippen LogP contribution in [0.1, 0.15) is 100 Å². The second-order valence-corrected chi connectivity index (χ2v) is 12.2. The number of rotatable bonds is 9. The Kier molecular flexibility index (Phi) is 16.1. The van der Waals surface area contributed by atoms with Crippen LogP contribution in [0.5, 0.6) is 0 Å². The third-order valence-corrected chi connectivity index (χ3v) is 7.32. The molecule has 1 fully saturated rings. The maximum Gasteiger partial charge on any atom is 0.328 e. The van der Waals surface area contributed by atoms with E-state index in [0.29, 0.717) is 6.42 Å². The van der Waals surface area contributed by atoms with Gasteiger partial charge in [-0.1, -0.05) is 67.2 Å². The summed E-state index contributed by atoms with van der Waals surface area (Å²) >= 11 is 0. The van der Waals surface area contributed by atoms with Gasteiger partial charge in [0.2, 0.25) is 29.5 Å². The molecule has 1 rings (SSSR count). The van der Waals surface area contributed by atoms with E-state index in [0.717, 1.165) is 32.1 Å². The fourth-order valence-corrected chi connectivity index (χ4v) is 4.62. The van der Waals surface area contributed by atoms with Gasteiger partial charge in [-0.15, -0.1) is 0 Å². The summed E-state index contributed by atoms with van der Waals surface area (Å²) in [5.41, 5.74) is 0. The second-order valence-electron chi connectivity index (χ2n) is 12.2. The van der Waals surface area contributed by atoms with E-state index in [1.807, 2.05) is 20.8 Å². The van der Waals surface area contributed by atoms with E-state index in [1.165, 1.54) is 13.8 Å². The molecule has 240 valence electrons. The summed E-state index contributed by atoms with van der Waals surface area (Å²) in [5.74, 6) is -3.91. The Balaban J connectivity index is 3.26. The Labute approximate surface area is 250 Å². The van der Waals surface area contributed by atoms with Crippen molar-refractivity contribution in [3.63, 3.8) is 0 Å². The van der Waals surface area contributed by atoms with Crippen LogP contribution in [-0.4, -0.2) is 72.3 Å². The van der Waals surface area contributed by atoms with Crippen LogP contribution in [0.4, 0.5) is 0 Å². The van der Waals surface area contributed by atoms with Crippen molar-refractivity contribution in [1.29, 1.82) is 0 Å². The van der Waals surface area contributed by atoms with E-state index in [4.69, 9.17) is 4.74 Å². The Morgan fingerprint density at radius 3 is 2.00 bits per heavy atom. The van der Waals surface area contributed by atoms with E-state index in [1.54, 1.807) is 13.8 Å². The minimum Gasteiger partial charge on any atom is -0.460 e. The van der Waals surface area contributed by atoms with E-state index in [-0.39, 0.29) is 30.7 Å². The van der Waals surface area contributed by atoms with Gasteiger partial charge < -0.3 is 31.3 Å². The fraction of sp³-hybridized carbons (Fsp3) is 0.800. The van der Waals surface area contributed by atoms with Crippen LogP contribution in [0.3, 0.4) is 0 Å². The highest BCUT2D eigenvalue weighted by molar-refractivity contribution is 5.95. The maximum absolute atomic E-state index is 13.2. The van der Waals surface area contributed by atoms with Gasteiger partial charge in [-0.3, -0.25) is 24.0 Å². The van der Waals surface area contributed by atoms with Crippen molar-refractivity contribution >= 4 is 35.5 Å². The van der Waals surface area contributed by atoms with Gasteiger partial charge in [-0.05, 0) is 44.4 Å². The number of carbonyl (C=O) groups is 6. The van der Waals surface area contributed by atoms with Gasteiger partial charge in [-0.2, -0.15) is 0 Å². The zero-order valence-electron chi connectivity index (χ0n) is 26.6. The molecule has 0 radical (unpaired) electrons. The highest BCUT2D eigenvalue weighted by atomic mass is 16.5. The molecule has 42 heavy (non-hydrogen) atoms. The van der Waals surface area contributed by atoms with E-state index < -0.39 is 65.8 Å². The Hall–Kier alpha value is -3.18. The minimum absolute atomic E-state index is 0.0332. The average Bonchev–Trinajstić information content (AvgIpc) is 2.90. The van der Waals surface area contributed by atoms with Gasteiger partial charge in [0.25, 0.3) is 0 Å². The zero-order valence-corrected chi connectivity index (χ0v) is 26.6. The third-order valence-electron chi connectivity index (χ3n) is 7.32. The minimum atomic E-state index is -1.04. The highest BCUT2D eigenvalue weighted by Crippen LogP contribution is 2.20. The molecule has 12 nitrogen and oxygen atoms in total. The molecule has 1 aliphatic heterocycles. The van der Waals surface area contributed by atoms with Crippen LogP contribution in [0.25, 0.3) is 0 Å². The van der Waals surface area contributed by atoms with Crippen molar-refractivity contribution in [3.05, 3.63) is 0 Å². The predicted octanol–water partition coefficient (Wildman–Crippen LogP) is 1.71. The van der Waals surface area contributed by atoms with Gasteiger partial charge in [0.05, 0.1) is 13.0 Å². The molecule has 0 spiro atoms. The molecule has 0 saturated carbocycles. The van der Waals surface area contributed by atoms with Crippen molar-refractivity contribution in [2.24, 2.45) is 17.8 Å². The second kappa shape index (κ2) is 18.4. The van der Waals surface area contributed by atoms with Gasteiger partial charge in [0, 0.05) is 0 Å². The number of amides is 5. The predicted molar refractivity (Wildman–Crippen MR) is 159 cm³/mol. The first-order chi connectivity index (χ1) is 19.7. The van der Waals surface area contributed by atoms with E-state index in [2.05, 4.69) is 33.5 Å². The van der Waals surface area contributed by atoms with Crippen molar-refractivity contribution in [3.8, 4) is 0 Å². The Morgan fingerprint density at radius 2 is 1.40 bits per heavy atom. The molecule has 5 amide bonds. The van der Waals surface area contributed by atoms with Gasteiger partial charge in [0.1, 0.15) is 30.3 Å². The largest absolute Gasteiger partial charge is 0.460 e. The van der Waals surface area contributed by atoms with Crippen LogP contribution < -0.4 is 26.6 Å². The summed E-state index contributed by atoms with van der Waals surface area (Å²) in [6.07, 6.45) is 4.18. The van der Waals surface area contributed by atoms with Crippen LogP contribution in [0, 0.1) is 17.8 Å². The number of hydrogen-bond acceptors (Lipinski definition) is 7. The molecule has 12 heteroatoms. The average molecular weight is 596 g/mol. The van der Waals surface area contributed by atoms with Gasteiger partial charge >= 0.3 is 5.97 Å².